The highest BCUT2D eigenvalue weighted by atomic mass is 15.2. The van der Waals surface area contributed by atoms with Crippen molar-refractivity contribution in [3.63, 3.8) is 0 Å². The highest BCUT2D eigenvalue weighted by Crippen LogP contribution is 2.56. The van der Waals surface area contributed by atoms with Gasteiger partial charge in [-0.25, -0.2) is 0 Å². The summed E-state index contributed by atoms with van der Waals surface area (Å²) in [6.07, 6.45) is 0. The van der Waals surface area contributed by atoms with E-state index in [0.717, 1.165) is 56.3 Å². The molecule has 0 aliphatic carbocycles. The molecule has 106 heavy (non-hydrogen) atoms. The Morgan fingerprint density at radius 1 is 0.236 bits per heavy atom. The Bertz CT molecular complexity index is 6080. The molecule has 0 N–H and O–H groups in total. The fraction of sp³-hybridized carbons (Fsp3) is 0.157. The van der Waals surface area contributed by atoms with Crippen molar-refractivity contribution in [3.05, 3.63) is 338 Å². The van der Waals surface area contributed by atoms with Crippen molar-refractivity contribution in [2.45, 2.75) is 105 Å². The molecule has 2 aliphatic rings. The summed E-state index contributed by atoms with van der Waals surface area (Å²) in [6, 6.07) is 121. The zero-order valence-electron chi connectivity index (χ0n) is 62.9. The molecule has 3 heterocycles. The van der Waals surface area contributed by atoms with Gasteiger partial charge in [0.1, 0.15) is 0 Å². The molecule has 0 fully saturated rings. The molecule has 0 radical (unpaired) electrons. The van der Waals surface area contributed by atoms with Crippen LogP contribution in [0.25, 0.3) is 116 Å². The molecule has 2 aliphatic heterocycles. The monoisotopic (exact) mass is 1370 g/mol. The Balaban J connectivity index is 1.01. The van der Waals surface area contributed by atoms with E-state index >= 15 is 0 Å². The Labute approximate surface area is 625 Å². The summed E-state index contributed by atoms with van der Waals surface area (Å²) in [5, 5.41) is 7.34. The number of hydrogen-bond donors (Lipinski definition) is 0. The normalized spacial score (nSPS) is 13.0. The lowest BCUT2D eigenvalue weighted by Crippen LogP contribution is -2.61. The van der Waals surface area contributed by atoms with Crippen LogP contribution in [-0.2, 0) is 21.7 Å². The third kappa shape index (κ3) is 11.2. The number of fused-ring (bicyclic) bond motifs is 10. The topological polar surface area (TPSA) is 11.4 Å². The van der Waals surface area contributed by atoms with Crippen LogP contribution in [0.5, 0.6) is 0 Å². The second kappa shape index (κ2) is 25.0. The van der Waals surface area contributed by atoms with Crippen molar-refractivity contribution in [1.29, 1.82) is 0 Å². The number of para-hydroxylation sites is 3. The van der Waals surface area contributed by atoms with Gasteiger partial charge in [-0.2, -0.15) is 0 Å². The Hall–Kier alpha value is -11.7. The smallest absolute Gasteiger partial charge is 0.252 e. The molecule has 15 aromatic carbocycles. The summed E-state index contributed by atoms with van der Waals surface area (Å²) in [7, 11) is 0. The van der Waals surface area contributed by atoms with Crippen molar-refractivity contribution < 1.29 is 0 Å². The average molecular weight is 1370 g/mol. The Morgan fingerprint density at radius 2 is 0.651 bits per heavy atom. The predicted molar refractivity (Wildman–Crippen MR) is 457 cm³/mol. The van der Waals surface area contributed by atoms with E-state index in [9.17, 15) is 0 Å². The van der Waals surface area contributed by atoms with Gasteiger partial charge >= 0.3 is 0 Å². The highest BCUT2D eigenvalue weighted by molar-refractivity contribution is 7.00. The largest absolute Gasteiger partial charge is 0.310 e. The zero-order valence-corrected chi connectivity index (χ0v) is 62.9. The Morgan fingerprint density at radius 3 is 1.21 bits per heavy atom. The molecule has 16 aromatic rings. The fourth-order valence-electron chi connectivity index (χ4n) is 17.0. The van der Waals surface area contributed by atoms with Gasteiger partial charge in [0.05, 0.1) is 22.4 Å². The van der Waals surface area contributed by atoms with Gasteiger partial charge in [0.2, 0.25) is 0 Å². The molecule has 4 heteroatoms. The summed E-state index contributed by atoms with van der Waals surface area (Å²) < 4.78 is 2.42. The molecule has 0 bridgehead atoms. The molecular formula is C102H88BN3. The number of benzene rings is 15. The van der Waals surface area contributed by atoms with E-state index in [2.05, 4.69) is 413 Å². The fourth-order valence-corrected chi connectivity index (χ4v) is 17.0. The molecule has 0 unspecified atom stereocenters. The lowest BCUT2D eigenvalue weighted by Gasteiger charge is -2.46. The maximum atomic E-state index is 2.75. The van der Waals surface area contributed by atoms with Crippen LogP contribution in [-0.4, -0.2) is 11.3 Å². The quantitative estimate of drug-likeness (QED) is 0.105. The first-order valence-electron chi connectivity index (χ1n) is 37.8. The lowest BCUT2D eigenvalue weighted by atomic mass is 9.33. The molecule has 0 saturated heterocycles. The van der Waals surface area contributed by atoms with Crippen LogP contribution in [0.1, 0.15) is 105 Å². The van der Waals surface area contributed by atoms with Crippen LogP contribution < -0.4 is 26.2 Å². The number of hydrogen-bond acceptors (Lipinski definition) is 2. The van der Waals surface area contributed by atoms with E-state index in [1.165, 1.54) is 132 Å². The molecule has 3 nitrogen and oxygen atoms in total. The van der Waals surface area contributed by atoms with E-state index in [1.54, 1.807) is 0 Å². The van der Waals surface area contributed by atoms with E-state index in [-0.39, 0.29) is 28.4 Å². The highest BCUT2D eigenvalue weighted by Gasteiger charge is 2.46. The summed E-state index contributed by atoms with van der Waals surface area (Å²) in [4.78, 5) is 5.49. The molecule has 0 atom stereocenters. The molecule has 0 saturated carbocycles. The van der Waals surface area contributed by atoms with Crippen LogP contribution >= 0.6 is 0 Å². The van der Waals surface area contributed by atoms with Gasteiger partial charge in [-0.05, 0) is 199 Å². The second-order valence-corrected chi connectivity index (χ2v) is 33.7. The van der Waals surface area contributed by atoms with E-state index < -0.39 is 0 Å². The lowest BCUT2D eigenvalue weighted by molar-refractivity contribution is 0.569. The number of rotatable bonds is 9. The van der Waals surface area contributed by atoms with Crippen LogP contribution in [0.4, 0.5) is 34.1 Å². The van der Waals surface area contributed by atoms with Crippen molar-refractivity contribution in [2.24, 2.45) is 0 Å². The van der Waals surface area contributed by atoms with Gasteiger partial charge in [-0.1, -0.05) is 326 Å². The minimum atomic E-state index is -0.329. The number of anilines is 6. The van der Waals surface area contributed by atoms with Gasteiger partial charge in [0.25, 0.3) is 6.71 Å². The number of aromatic nitrogens is 1. The van der Waals surface area contributed by atoms with Gasteiger partial charge < -0.3 is 14.4 Å². The first-order valence-corrected chi connectivity index (χ1v) is 37.8. The van der Waals surface area contributed by atoms with Gasteiger partial charge in [0.15, 0.2) is 0 Å². The van der Waals surface area contributed by atoms with E-state index in [0.29, 0.717) is 0 Å². The summed E-state index contributed by atoms with van der Waals surface area (Å²) >= 11 is 0. The first kappa shape index (κ1) is 66.3. The average Bonchev–Trinajstić information content (AvgIpc) is 0.816. The molecule has 1 aromatic heterocycles. The first-order chi connectivity index (χ1) is 51.1. The van der Waals surface area contributed by atoms with Gasteiger partial charge in [0, 0.05) is 61.5 Å². The summed E-state index contributed by atoms with van der Waals surface area (Å²) in [5.41, 5.74) is 32.7. The van der Waals surface area contributed by atoms with Crippen molar-refractivity contribution in [3.8, 4) is 72.4 Å². The maximum Gasteiger partial charge on any atom is 0.252 e. The SMILES string of the molecule is CC(C)(C)c1cc(-c2ccc3c(c2)N(c2c(-c4ccccc4)cc(C(C)(C)C)cc2-c2ccccc2)c2cc(C(C)(C)C)cc4c2B3c2ccc(-c3ccc5c(c3)c3ccccc3n5-c3ccccc3)cc2N4c2c(-c3ccccc3)cccc2-c2cc3ccccc3c3ccccc23)cc(C(C)(C)C)c1. The maximum absolute atomic E-state index is 2.75. The molecular weight excluding hydrogens is 1280 g/mol. The second-order valence-electron chi connectivity index (χ2n) is 33.7. The van der Waals surface area contributed by atoms with E-state index in [1.807, 2.05) is 0 Å². The van der Waals surface area contributed by atoms with Crippen molar-refractivity contribution >= 4 is 101 Å². The van der Waals surface area contributed by atoms with E-state index in [4.69, 9.17) is 0 Å². The van der Waals surface area contributed by atoms with Crippen LogP contribution in [0.3, 0.4) is 0 Å². The predicted octanol–water partition coefficient (Wildman–Crippen LogP) is 26.4. The summed E-state index contributed by atoms with van der Waals surface area (Å²) in [6.45, 7) is 28.2. The third-order valence-electron chi connectivity index (χ3n) is 22.7. The van der Waals surface area contributed by atoms with Crippen LogP contribution in [0.15, 0.2) is 315 Å². The van der Waals surface area contributed by atoms with Gasteiger partial charge in [-0.3, -0.25) is 0 Å². The van der Waals surface area contributed by atoms with Crippen molar-refractivity contribution in [1.82, 2.24) is 4.57 Å². The molecule has 18 rings (SSSR count). The van der Waals surface area contributed by atoms with Crippen molar-refractivity contribution in [2.75, 3.05) is 9.80 Å². The Kier molecular flexibility index (Phi) is 15.6. The molecule has 514 valence electrons. The number of nitrogens with zero attached hydrogens (tertiary/aromatic N) is 3. The van der Waals surface area contributed by atoms with Crippen LogP contribution in [0.2, 0.25) is 0 Å². The van der Waals surface area contributed by atoms with Gasteiger partial charge in [-0.15, -0.1) is 0 Å². The summed E-state index contributed by atoms with van der Waals surface area (Å²) in [5.74, 6) is 0. The van der Waals surface area contributed by atoms with Crippen LogP contribution in [0, 0.1) is 0 Å². The zero-order chi connectivity index (χ0) is 72.7. The standard InChI is InChI=1S/C102H88BN3/c1-99(2,3)73-54-72(55-74(60-73)100(4,5)6)70-49-52-89-93(59-70)106(98-84(66-34-19-14-20-35-66)61-75(101(7,8)9)62-85(98)67-36-21-15-22-37-67)95-64-76(102(10,11)12)63-94-96(95)103(89)88-51-48-69(68-50-53-91-87(56-68)82-44-29-30-47-90(82)104(91)77-39-23-16-24-40-77)58-92(88)105(94)97-79(65-32-17-13-18-33-65)45-31-46-83(97)86-57-71-38-25-26-41-78(71)80-42-27-28-43-81(80)86/h13-64H,1-12H3. The minimum absolute atomic E-state index is 0.0946. The third-order valence-corrected chi connectivity index (χ3v) is 22.7. The molecule has 0 amide bonds. The molecule has 0 spiro atoms. The minimum Gasteiger partial charge on any atom is -0.310 e.